The van der Waals surface area contributed by atoms with Crippen molar-refractivity contribution in [1.29, 1.82) is 0 Å². The minimum absolute atomic E-state index is 0.0215. The van der Waals surface area contributed by atoms with Gasteiger partial charge in [0.1, 0.15) is 11.4 Å². The van der Waals surface area contributed by atoms with Crippen LogP contribution >= 0.6 is 0 Å². The molecule has 28 heavy (non-hydrogen) atoms. The molecule has 2 heterocycles. The summed E-state index contributed by atoms with van der Waals surface area (Å²) in [5.41, 5.74) is 2.05. The van der Waals surface area contributed by atoms with Crippen LogP contribution in [-0.2, 0) is 27.6 Å². The number of amides is 1. The number of nitrogens with zero attached hydrogens (tertiary/aromatic N) is 1. The van der Waals surface area contributed by atoms with E-state index in [0.29, 0.717) is 29.5 Å². The summed E-state index contributed by atoms with van der Waals surface area (Å²) in [5.74, 6) is -0.522. The topological polar surface area (TPSA) is 67.6 Å². The molecule has 1 saturated heterocycles. The third-order valence-corrected chi connectivity index (χ3v) is 6.87. The lowest BCUT2D eigenvalue weighted by Crippen LogP contribution is -2.41. The predicted molar refractivity (Wildman–Crippen MR) is 104 cm³/mol. The molecule has 1 unspecified atom stereocenters. The van der Waals surface area contributed by atoms with Crippen LogP contribution in [0.25, 0.3) is 11.0 Å². The van der Waals surface area contributed by atoms with Crippen molar-refractivity contribution in [1.82, 2.24) is 4.90 Å². The lowest BCUT2D eigenvalue weighted by atomic mass is 10.1. The molecule has 0 bridgehead atoms. The van der Waals surface area contributed by atoms with Gasteiger partial charge in [-0.2, -0.15) is 0 Å². The van der Waals surface area contributed by atoms with Crippen molar-refractivity contribution in [3.05, 3.63) is 71.7 Å². The molecule has 1 amide bonds. The van der Waals surface area contributed by atoms with Crippen LogP contribution in [0.4, 0.5) is 4.39 Å². The van der Waals surface area contributed by atoms with Gasteiger partial charge in [0.25, 0.3) is 0 Å². The number of carbonyl (C=O) groups is 1. The zero-order valence-electron chi connectivity index (χ0n) is 15.2. The summed E-state index contributed by atoms with van der Waals surface area (Å²) < 4.78 is 42.9. The first-order valence-corrected chi connectivity index (χ1v) is 10.9. The molecule has 1 aliphatic rings. The van der Waals surface area contributed by atoms with Gasteiger partial charge >= 0.3 is 0 Å². The summed E-state index contributed by atoms with van der Waals surface area (Å²) in [6.45, 7) is 0.337. The normalized spacial score (nSPS) is 18.4. The largest absolute Gasteiger partial charge is 0.464 e. The molecule has 7 heteroatoms. The molecule has 5 nitrogen and oxygen atoms in total. The molecule has 0 N–H and O–H groups in total. The van der Waals surface area contributed by atoms with Gasteiger partial charge < -0.3 is 9.32 Å². The summed E-state index contributed by atoms with van der Waals surface area (Å²) in [4.78, 5) is 14.8. The van der Waals surface area contributed by atoms with Crippen LogP contribution in [0.5, 0.6) is 0 Å². The van der Waals surface area contributed by atoms with Gasteiger partial charge in [0.2, 0.25) is 5.91 Å². The fourth-order valence-electron chi connectivity index (χ4n) is 3.68. The monoisotopic (exact) mass is 401 g/mol. The van der Waals surface area contributed by atoms with Crippen molar-refractivity contribution in [2.75, 3.05) is 11.5 Å². The zero-order chi connectivity index (χ0) is 19.7. The van der Waals surface area contributed by atoms with Crippen LogP contribution in [0.3, 0.4) is 0 Å². The number of carbonyl (C=O) groups excluding carboxylic acids is 1. The third kappa shape index (κ3) is 3.94. The SMILES string of the molecule is O=C(Cc1coc2ccc(F)cc12)N(Cc1ccccc1)C1CCS(=O)(=O)C1. The molecular weight excluding hydrogens is 381 g/mol. The van der Waals surface area contributed by atoms with Gasteiger partial charge in [-0.25, -0.2) is 12.8 Å². The maximum Gasteiger partial charge on any atom is 0.227 e. The third-order valence-electron chi connectivity index (χ3n) is 5.12. The highest BCUT2D eigenvalue weighted by atomic mass is 32.2. The van der Waals surface area contributed by atoms with E-state index in [-0.39, 0.29) is 29.9 Å². The van der Waals surface area contributed by atoms with Crippen molar-refractivity contribution in [2.45, 2.75) is 25.4 Å². The molecule has 1 aliphatic heterocycles. The van der Waals surface area contributed by atoms with Crippen molar-refractivity contribution in [3.63, 3.8) is 0 Å². The Hall–Kier alpha value is -2.67. The van der Waals surface area contributed by atoms with Gasteiger partial charge in [0.15, 0.2) is 9.84 Å². The molecule has 0 aliphatic carbocycles. The zero-order valence-corrected chi connectivity index (χ0v) is 16.0. The van der Waals surface area contributed by atoms with E-state index in [1.165, 1.54) is 24.5 Å². The number of sulfone groups is 1. The molecular formula is C21H20FNO4S. The first-order chi connectivity index (χ1) is 13.4. The molecule has 0 radical (unpaired) electrons. The first kappa shape index (κ1) is 18.7. The summed E-state index contributed by atoms with van der Waals surface area (Å²) in [6.07, 6.45) is 1.93. The number of rotatable bonds is 5. The van der Waals surface area contributed by atoms with Crippen LogP contribution in [0.2, 0.25) is 0 Å². The summed E-state index contributed by atoms with van der Waals surface area (Å²) >= 11 is 0. The van der Waals surface area contributed by atoms with Crippen LogP contribution in [0.15, 0.2) is 59.2 Å². The molecule has 1 fully saturated rings. The highest BCUT2D eigenvalue weighted by Crippen LogP contribution is 2.25. The van der Waals surface area contributed by atoms with Crippen molar-refractivity contribution >= 4 is 26.7 Å². The van der Waals surface area contributed by atoms with E-state index >= 15 is 0 Å². The molecule has 1 aromatic heterocycles. The Kier molecular flexibility index (Phi) is 4.93. The quantitative estimate of drug-likeness (QED) is 0.658. The second kappa shape index (κ2) is 7.39. The molecule has 0 spiro atoms. The van der Waals surface area contributed by atoms with Crippen molar-refractivity contribution in [3.8, 4) is 0 Å². The Morgan fingerprint density at radius 2 is 1.96 bits per heavy atom. The number of hydrogen-bond acceptors (Lipinski definition) is 4. The molecule has 3 aromatic rings. The van der Waals surface area contributed by atoms with Gasteiger partial charge in [-0.05, 0) is 30.2 Å². The number of benzene rings is 2. The van der Waals surface area contributed by atoms with Gasteiger partial charge in [-0.3, -0.25) is 4.79 Å². The maximum absolute atomic E-state index is 13.6. The Morgan fingerprint density at radius 3 is 2.68 bits per heavy atom. The van der Waals surface area contributed by atoms with Crippen LogP contribution < -0.4 is 0 Å². The first-order valence-electron chi connectivity index (χ1n) is 9.11. The van der Waals surface area contributed by atoms with E-state index in [1.54, 1.807) is 4.90 Å². The van der Waals surface area contributed by atoms with Gasteiger partial charge in [-0.15, -0.1) is 0 Å². The molecule has 2 aromatic carbocycles. The highest BCUT2D eigenvalue weighted by molar-refractivity contribution is 7.91. The Labute approximate surface area is 162 Å². The number of fused-ring (bicyclic) bond motifs is 1. The average Bonchev–Trinajstić information content (AvgIpc) is 3.23. The Morgan fingerprint density at radius 1 is 1.18 bits per heavy atom. The minimum atomic E-state index is -3.13. The molecule has 4 rings (SSSR count). The fourth-order valence-corrected chi connectivity index (χ4v) is 5.41. The van der Waals surface area contributed by atoms with Crippen LogP contribution in [-0.4, -0.2) is 36.8 Å². The second-order valence-electron chi connectivity index (χ2n) is 7.14. The number of halogens is 1. The van der Waals surface area contributed by atoms with Gasteiger partial charge in [0, 0.05) is 23.5 Å². The van der Waals surface area contributed by atoms with E-state index in [1.807, 2.05) is 30.3 Å². The van der Waals surface area contributed by atoms with Gasteiger partial charge in [-0.1, -0.05) is 30.3 Å². The smallest absolute Gasteiger partial charge is 0.227 e. The lowest BCUT2D eigenvalue weighted by Gasteiger charge is -2.28. The van der Waals surface area contributed by atoms with Gasteiger partial charge in [0.05, 0.1) is 24.2 Å². The van der Waals surface area contributed by atoms with Crippen molar-refractivity contribution in [2.24, 2.45) is 0 Å². The molecule has 146 valence electrons. The molecule has 0 saturated carbocycles. The summed E-state index contributed by atoms with van der Waals surface area (Å²) in [6, 6.07) is 13.3. The van der Waals surface area contributed by atoms with E-state index in [0.717, 1.165) is 5.56 Å². The predicted octanol–water partition coefficient (Wildman–Crippen LogP) is 3.33. The molecule has 1 atom stereocenters. The highest BCUT2D eigenvalue weighted by Gasteiger charge is 2.34. The maximum atomic E-state index is 13.6. The number of hydrogen-bond donors (Lipinski definition) is 0. The van der Waals surface area contributed by atoms with E-state index < -0.39 is 15.7 Å². The Bertz CT molecular complexity index is 1110. The standard InChI is InChI=1S/C21H20FNO4S/c22-17-6-7-20-19(11-17)16(13-27-20)10-21(24)23(12-15-4-2-1-3-5-15)18-8-9-28(25,26)14-18/h1-7,11,13,18H,8-10,12,14H2. The Balaban J connectivity index is 1.61. The van der Waals surface area contributed by atoms with E-state index in [9.17, 15) is 17.6 Å². The summed E-state index contributed by atoms with van der Waals surface area (Å²) in [5, 5.41) is 0.562. The summed E-state index contributed by atoms with van der Waals surface area (Å²) in [7, 11) is -3.13. The van der Waals surface area contributed by atoms with E-state index in [4.69, 9.17) is 4.42 Å². The minimum Gasteiger partial charge on any atom is -0.464 e. The number of furan rings is 1. The lowest BCUT2D eigenvalue weighted by molar-refractivity contribution is -0.133. The average molecular weight is 401 g/mol. The van der Waals surface area contributed by atoms with Crippen molar-refractivity contribution < 1.29 is 22.0 Å². The fraction of sp³-hybridized carbons (Fsp3) is 0.286. The van der Waals surface area contributed by atoms with E-state index in [2.05, 4.69) is 0 Å². The van der Waals surface area contributed by atoms with Crippen LogP contribution in [0, 0.1) is 5.82 Å². The second-order valence-corrected chi connectivity index (χ2v) is 9.37. The van der Waals surface area contributed by atoms with Crippen LogP contribution in [0.1, 0.15) is 17.5 Å².